The maximum Gasteiger partial charge on any atom is 0.195 e. The molecule has 0 amide bonds. The average Bonchev–Trinajstić information content (AvgIpc) is 2.65. The van der Waals surface area contributed by atoms with Crippen LogP contribution in [-0.4, -0.2) is 10.8 Å². The number of hydrogen-bond donors (Lipinski definition) is 1. The predicted molar refractivity (Wildman–Crippen MR) is 68.1 cm³/mol. The molecule has 3 heteroatoms. The Kier molecular flexibility index (Phi) is 2.90. The van der Waals surface area contributed by atoms with E-state index in [1.54, 1.807) is 6.20 Å². The second-order valence-corrected chi connectivity index (χ2v) is 4.57. The number of halogens is 1. The fourth-order valence-corrected chi connectivity index (χ4v) is 1.96. The lowest BCUT2D eigenvalue weighted by Gasteiger charge is -1.99. The van der Waals surface area contributed by atoms with E-state index in [4.69, 9.17) is 0 Å². The van der Waals surface area contributed by atoms with Crippen LogP contribution in [0.1, 0.15) is 21.5 Å². The van der Waals surface area contributed by atoms with E-state index in [9.17, 15) is 4.79 Å². The Labute approximate surface area is 102 Å². The van der Waals surface area contributed by atoms with Gasteiger partial charge < -0.3 is 4.98 Å². The molecule has 0 saturated carbocycles. The van der Waals surface area contributed by atoms with E-state index < -0.39 is 0 Å². The van der Waals surface area contributed by atoms with Crippen molar-refractivity contribution in [2.24, 2.45) is 0 Å². The summed E-state index contributed by atoms with van der Waals surface area (Å²) in [6.45, 7) is 2.01. The molecular weight excluding hydrogens is 301 g/mol. The van der Waals surface area contributed by atoms with Gasteiger partial charge in [0, 0.05) is 21.5 Å². The smallest absolute Gasteiger partial charge is 0.195 e. The number of benzene rings is 1. The molecule has 1 heterocycles. The summed E-state index contributed by atoms with van der Waals surface area (Å²) in [5.41, 5.74) is 2.63. The number of aryl methyl sites for hydroxylation is 1. The van der Waals surface area contributed by atoms with E-state index in [0.29, 0.717) is 0 Å². The van der Waals surface area contributed by atoms with E-state index in [0.717, 1.165) is 20.3 Å². The lowest BCUT2D eigenvalue weighted by atomic mass is 10.0. The van der Waals surface area contributed by atoms with E-state index in [1.165, 1.54) is 0 Å². The molecule has 15 heavy (non-hydrogen) atoms. The first-order valence-electron chi connectivity index (χ1n) is 4.62. The third-order valence-corrected chi connectivity index (χ3v) is 3.15. The Morgan fingerprint density at radius 2 is 1.87 bits per heavy atom. The molecule has 2 nitrogen and oxygen atoms in total. The second kappa shape index (κ2) is 4.18. The Morgan fingerprint density at radius 3 is 2.40 bits per heavy atom. The van der Waals surface area contributed by atoms with E-state index in [-0.39, 0.29) is 5.78 Å². The molecule has 0 aliphatic heterocycles. The predicted octanol–water partition coefficient (Wildman–Crippen LogP) is 3.16. The molecule has 0 atom stereocenters. The Balaban J connectivity index is 2.37. The summed E-state index contributed by atoms with van der Waals surface area (Å²) in [6, 6.07) is 7.63. The fourth-order valence-electron chi connectivity index (χ4n) is 1.38. The van der Waals surface area contributed by atoms with Gasteiger partial charge in [-0.1, -0.05) is 29.8 Å². The van der Waals surface area contributed by atoms with Crippen molar-refractivity contribution in [3.05, 3.63) is 56.9 Å². The van der Waals surface area contributed by atoms with Gasteiger partial charge in [0.25, 0.3) is 0 Å². The highest BCUT2D eigenvalue weighted by atomic mass is 127. The monoisotopic (exact) mass is 311 g/mol. The molecule has 0 aliphatic rings. The standard InChI is InChI=1S/C12H10INO/c1-8-2-4-9(5-3-8)12(15)10-6-14-7-11(10)13/h2-7,14H,1H3. The number of nitrogens with one attached hydrogen (secondary N) is 1. The number of ketones is 1. The van der Waals surface area contributed by atoms with Gasteiger partial charge in [-0.15, -0.1) is 0 Å². The first-order chi connectivity index (χ1) is 7.18. The van der Waals surface area contributed by atoms with Crippen molar-refractivity contribution in [1.82, 2.24) is 4.98 Å². The van der Waals surface area contributed by atoms with Crippen molar-refractivity contribution in [2.75, 3.05) is 0 Å². The Hall–Kier alpha value is -1.10. The number of aromatic amines is 1. The van der Waals surface area contributed by atoms with E-state index in [2.05, 4.69) is 27.6 Å². The molecule has 0 radical (unpaired) electrons. The third-order valence-electron chi connectivity index (χ3n) is 2.25. The van der Waals surface area contributed by atoms with Crippen LogP contribution in [-0.2, 0) is 0 Å². The van der Waals surface area contributed by atoms with E-state index >= 15 is 0 Å². The van der Waals surface area contributed by atoms with Gasteiger partial charge in [-0.25, -0.2) is 0 Å². The fraction of sp³-hybridized carbons (Fsp3) is 0.0833. The molecule has 0 bridgehead atoms. The normalized spacial score (nSPS) is 10.3. The van der Waals surface area contributed by atoms with Gasteiger partial charge in [0.05, 0.1) is 5.56 Å². The number of carbonyl (C=O) groups excluding carboxylic acids is 1. The van der Waals surface area contributed by atoms with Crippen molar-refractivity contribution in [2.45, 2.75) is 6.92 Å². The minimum Gasteiger partial charge on any atom is -0.366 e. The highest BCUT2D eigenvalue weighted by Gasteiger charge is 2.12. The van der Waals surface area contributed by atoms with Crippen LogP contribution in [0.25, 0.3) is 0 Å². The van der Waals surface area contributed by atoms with E-state index in [1.807, 2.05) is 37.4 Å². The Morgan fingerprint density at radius 1 is 1.20 bits per heavy atom. The Bertz CT molecular complexity index is 485. The van der Waals surface area contributed by atoms with Crippen LogP contribution < -0.4 is 0 Å². The van der Waals surface area contributed by atoms with Crippen molar-refractivity contribution < 1.29 is 4.79 Å². The first-order valence-corrected chi connectivity index (χ1v) is 5.70. The number of rotatable bonds is 2. The molecular formula is C12H10INO. The second-order valence-electron chi connectivity index (χ2n) is 3.41. The lowest BCUT2D eigenvalue weighted by Crippen LogP contribution is -2.01. The summed E-state index contributed by atoms with van der Waals surface area (Å²) >= 11 is 2.15. The maximum absolute atomic E-state index is 12.0. The van der Waals surface area contributed by atoms with Gasteiger partial charge in [0.2, 0.25) is 0 Å². The molecule has 1 N–H and O–H groups in total. The van der Waals surface area contributed by atoms with Crippen molar-refractivity contribution in [3.8, 4) is 0 Å². The van der Waals surface area contributed by atoms with Crippen molar-refractivity contribution >= 4 is 28.4 Å². The third kappa shape index (κ3) is 2.12. The zero-order valence-corrected chi connectivity index (χ0v) is 10.4. The molecule has 0 fully saturated rings. The van der Waals surface area contributed by atoms with Crippen LogP contribution >= 0.6 is 22.6 Å². The quantitative estimate of drug-likeness (QED) is 0.671. The SMILES string of the molecule is Cc1ccc(C(=O)c2c[nH]cc2I)cc1. The lowest BCUT2D eigenvalue weighted by molar-refractivity contribution is 0.103. The number of aromatic nitrogens is 1. The molecule has 76 valence electrons. The molecule has 0 unspecified atom stereocenters. The first kappa shape index (κ1) is 10.4. The molecule has 1 aromatic heterocycles. The van der Waals surface area contributed by atoms with Gasteiger partial charge in [-0.2, -0.15) is 0 Å². The summed E-state index contributed by atoms with van der Waals surface area (Å²) in [7, 11) is 0. The molecule has 2 rings (SSSR count). The number of hydrogen-bond acceptors (Lipinski definition) is 1. The van der Waals surface area contributed by atoms with Gasteiger partial charge in [0.1, 0.15) is 0 Å². The summed E-state index contributed by atoms with van der Waals surface area (Å²) < 4.78 is 0.957. The zero-order valence-electron chi connectivity index (χ0n) is 8.25. The van der Waals surface area contributed by atoms with Gasteiger partial charge in [-0.05, 0) is 29.5 Å². The number of H-pyrrole nitrogens is 1. The van der Waals surface area contributed by atoms with Crippen molar-refractivity contribution in [3.63, 3.8) is 0 Å². The van der Waals surface area contributed by atoms with Crippen LogP contribution in [0.3, 0.4) is 0 Å². The minimum atomic E-state index is 0.0700. The van der Waals surface area contributed by atoms with Crippen LogP contribution in [0, 0.1) is 10.5 Å². The summed E-state index contributed by atoms with van der Waals surface area (Å²) in [4.78, 5) is 14.9. The molecule has 0 saturated heterocycles. The average molecular weight is 311 g/mol. The summed E-state index contributed by atoms with van der Waals surface area (Å²) in [5, 5.41) is 0. The summed E-state index contributed by atoms with van der Waals surface area (Å²) in [6.07, 6.45) is 3.56. The molecule has 2 aromatic rings. The van der Waals surface area contributed by atoms with Crippen molar-refractivity contribution in [1.29, 1.82) is 0 Å². The largest absolute Gasteiger partial charge is 0.366 e. The van der Waals surface area contributed by atoms with Crippen LogP contribution in [0.5, 0.6) is 0 Å². The summed E-state index contributed by atoms with van der Waals surface area (Å²) in [5.74, 6) is 0.0700. The van der Waals surface area contributed by atoms with Crippen LogP contribution in [0.15, 0.2) is 36.7 Å². The highest BCUT2D eigenvalue weighted by Crippen LogP contribution is 2.16. The van der Waals surface area contributed by atoms with Gasteiger partial charge >= 0.3 is 0 Å². The topological polar surface area (TPSA) is 32.9 Å². The minimum absolute atomic E-state index is 0.0700. The zero-order chi connectivity index (χ0) is 10.8. The van der Waals surface area contributed by atoms with Crippen LogP contribution in [0.2, 0.25) is 0 Å². The van der Waals surface area contributed by atoms with Gasteiger partial charge in [0.15, 0.2) is 5.78 Å². The number of carbonyl (C=O) groups is 1. The van der Waals surface area contributed by atoms with Gasteiger partial charge in [-0.3, -0.25) is 4.79 Å². The maximum atomic E-state index is 12.0. The molecule has 0 spiro atoms. The van der Waals surface area contributed by atoms with Crippen LogP contribution in [0.4, 0.5) is 0 Å². The molecule has 0 aliphatic carbocycles. The highest BCUT2D eigenvalue weighted by molar-refractivity contribution is 14.1. The molecule has 1 aromatic carbocycles.